The van der Waals surface area contributed by atoms with Gasteiger partial charge in [0.25, 0.3) is 11.8 Å². The summed E-state index contributed by atoms with van der Waals surface area (Å²) in [6.07, 6.45) is 1.64. The lowest BCUT2D eigenvalue weighted by atomic mass is 9.76. The molecule has 38 heavy (non-hydrogen) atoms. The van der Waals surface area contributed by atoms with Crippen LogP contribution in [0.25, 0.3) is 0 Å². The highest BCUT2D eigenvalue weighted by Gasteiger charge is 2.43. The van der Waals surface area contributed by atoms with Gasteiger partial charge >= 0.3 is 13.2 Å². The Morgan fingerprint density at radius 3 is 2.61 bits per heavy atom. The molecule has 2 amide bonds. The van der Waals surface area contributed by atoms with Gasteiger partial charge in [0, 0.05) is 25.0 Å². The van der Waals surface area contributed by atoms with Gasteiger partial charge in [0.05, 0.1) is 19.0 Å². The number of hydrogen-bond acceptors (Lipinski definition) is 7. The van der Waals surface area contributed by atoms with Crippen LogP contribution in [0.15, 0.2) is 42.0 Å². The fourth-order valence-corrected chi connectivity index (χ4v) is 4.80. The van der Waals surface area contributed by atoms with Gasteiger partial charge in [0.15, 0.2) is 0 Å². The first-order valence-electron chi connectivity index (χ1n) is 12.8. The van der Waals surface area contributed by atoms with Crippen LogP contribution < -0.4 is 5.32 Å². The average molecular weight is 532 g/mol. The summed E-state index contributed by atoms with van der Waals surface area (Å²) >= 11 is 0. The second-order valence-electron chi connectivity index (χ2n) is 10.5. The third kappa shape index (κ3) is 8.25. The Morgan fingerprint density at radius 1 is 1.29 bits per heavy atom. The summed E-state index contributed by atoms with van der Waals surface area (Å²) < 4.78 is 33.0. The summed E-state index contributed by atoms with van der Waals surface area (Å²) in [6.45, 7) is 3.52. The molecule has 2 heterocycles. The molecule has 1 aromatic rings. The summed E-state index contributed by atoms with van der Waals surface area (Å²) in [4.78, 5) is 28.8. The number of benzene rings is 1. The normalized spacial score (nSPS) is 21.2. The lowest BCUT2D eigenvalue weighted by molar-refractivity contribution is -0.127. The number of nitrogens with zero attached hydrogens (tertiary/aromatic N) is 3. The van der Waals surface area contributed by atoms with E-state index in [1.807, 2.05) is 12.1 Å². The van der Waals surface area contributed by atoms with Crippen molar-refractivity contribution < 1.29 is 33.2 Å². The van der Waals surface area contributed by atoms with E-state index in [0.29, 0.717) is 25.8 Å². The van der Waals surface area contributed by atoms with E-state index in [4.69, 9.17) is 4.74 Å². The van der Waals surface area contributed by atoms with Gasteiger partial charge in [0.2, 0.25) is 0 Å². The van der Waals surface area contributed by atoms with Crippen LogP contribution in [0.2, 0.25) is 0 Å². The first-order valence-corrected chi connectivity index (χ1v) is 12.8. The number of hydrogen-bond donors (Lipinski definition) is 3. The van der Waals surface area contributed by atoms with Gasteiger partial charge < -0.3 is 25.0 Å². The maximum Gasteiger partial charge on any atom is 0.475 e. The molecule has 0 spiro atoms. The zero-order chi connectivity index (χ0) is 27.9. The van der Waals surface area contributed by atoms with Crippen molar-refractivity contribution in [2.24, 2.45) is 0 Å². The highest BCUT2D eigenvalue weighted by Crippen LogP contribution is 2.33. The average Bonchev–Trinajstić information content (AvgIpc) is 3.08. The molecule has 2 atom stereocenters. The third-order valence-corrected chi connectivity index (χ3v) is 6.98. The lowest BCUT2D eigenvalue weighted by Gasteiger charge is -2.33. The minimum Gasteiger partial charge on any atom is -0.444 e. The van der Waals surface area contributed by atoms with E-state index in [2.05, 4.69) is 5.32 Å². The van der Waals surface area contributed by atoms with E-state index >= 15 is 0 Å². The largest absolute Gasteiger partial charge is 0.475 e. The Hall–Kier alpha value is -3.01. The van der Waals surface area contributed by atoms with Crippen LogP contribution in [-0.2, 0) is 16.0 Å². The van der Waals surface area contributed by atoms with E-state index < -0.39 is 49.2 Å². The van der Waals surface area contributed by atoms with Crippen molar-refractivity contribution in [1.29, 1.82) is 5.26 Å². The van der Waals surface area contributed by atoms with Crippen molar-refractivity contribution >= 4 is 19.1 Å². The second-order valence-corrected chi connectivity index (χ2v) is 10.5. The molecule has 1 unspecified atom stereocenters. The van der Waals surface area contributed by atoms with E-state index in [-0.39, 0.29) is 31.5 Å². The number of rotatable bonds is 8. The minimum atomic E-state index is -2.80. The van der Waals surface area contributed by atoms with E-state index in [1.165, 1.54) is 11.0 Å². The summed E-state index contributed by atoms with van der Waals surface area (Å²) in [5.41, 5.74) is -0.281. The van der Waals surface area contributed by atoms with Crippen LogP contribution in [0.4, 0.5) is 13.6 Å². The smallest absolute Gasteiger partial charge is 0.444 e. The maximum atomic E-state index is 13.7. The van der Waals surface area contributed by atoms with E-state index in [9.17, 15) is 33.7 Å². The number of carbonyl (C=O) groups excluding carboxylic acids is 2. The molecular weight excluding hydrogens is 497 g/mol. The van der Waals surface area contributed by atoms with Gasteiger partial charge in [-0.15, -0.1) is 0 Å². The summed E-state index contributed by atoms with van der Waals surface area (Å²) in [6, 6.07) is 10.9. The van der Waals surface area contributed by atoms with Crippen molar-refractivity contribution in [3.8, 4) is 6.07 Å². The Labute approximate surface area is 222 Å². The molecule has 0 aliphatic carbocycles. The number of halogens is 2. The van der Waals surface area contributed by atoms with Crippen molar-refractivity contribution in [1.82, 2.24) is 15.1 Å². The molecule has 0 bridgehead atoms. The van der Waals surface area contributed by atoms with Crippen LogP contribution in [-0.4, -0.2) is 88.7 Å². The number of nitrogens with one attached hydrogen (secondary N) is 1. The second kappa shape index (κ2) is 12.7. The Kier molecular flexibility index (Phi) is 9.87. The number of amides is 2. The summed E-state index contributed by atoms with van der Waals surface area (Å²) in [5.74, 6) is -4.35. The molecule has 2 aliphatic heterocycles. The Bertz CT molecular complexity index is 1050. The van der Waals surface area contributed by atoms with Gasteiger partial charge in [-0.3, -0.25) is 9.69 Å². The van der Waals surface area contributed by atoms with Crippen LogP contribution in [0.5, 0.6) is 0 Å². The van der Waals surface area contributed by atoms with Crippen LogP contribution in [0, 0.1) is 11.3 Å². The number of nitriles is 1. The van der Waals surface area contributed by atoms with Crippen LogP contribution >= 0.6 is 0 Å². The van der Waals surface area contributed by atoms with Crippen molar-refractivity contribution in [3.63, 3.8) is 0 Å². The molecule has 0 aromatic heterocycles. The molecule has 3 rings (SSSR count). The highest BCUT2D eigenvalue weighted by molar-refractivity contribution is 6.43. The van der Waals surface area contributed by atoms with E-state index in [1.54, 1.807) is 43.0 Å². The minimum absolute atomic E-state index is 0.0541. The van der Waals surface area contributed by atoms with Gasteiger partial charge in [0.1, 0.15) is 17.7 Å². The third-order valence-electron chi connectivity index (χ3n) is 6.98. The summed E-state index contributed by atoms with van der Waals surface area (Å²) in [5, 5.41) is 31.7. The van der Waals surface area contributed by atoms with Crippen LogP contribution in [0.1, 0.15) is 45.1 Å². The standard InChI is InChI=1S/C26H35BF2N4O5/c1-25(2,33-13-11-26(28,29)18-33)15-20(16-30)23(34)32-12-7-6-10-21(17-32)38-24(35)31-22(27(36)37)14-19-8-4-3-5-9-19/h3-5,8-9,15,21-22,36-37H,6-7,10-14,17-18H2,1-2H3,(H,31,35)/t21-,22?/m1/s1. The molecule has 0 radical (unpaired) electrons. The fourth-order valence-electron chi connectivity index (χ4n) is 4.80. The molecule has 3 N–H and O–H groups in total. The number of carbonyl (C=O) groups is 2. The van der Waals surface area contributed by atoms with Gasteiger partial charge in [-0.05, 0) is 51.2 Å². The number of alkyl halides is 2. The first-order chi connectivity index (χ1) is 17.9. The quantitative estimate of drug-likeness (QED) is 0.267. The van der Waals surface area contributed by atoms with Crippen molar-refractivity contribution in [2.75, 3.05) is 26.2 Å². The van der Waals surface area contributed by atoms with E-state index in [0.717, 1.165) is 5.56 Å². The molecular formula is C26H35BF2N4O5. The predicted octanol–water partition coefficient (Wildman–Crippen LogP) is 2.29. The molecule has 9 nitrogen and oxygen atoms in total. The lowest BCUT2D eigenvalue weighted by Crippen LogP contribution is -2.49. The zero-order valence-electron chi connectivity index (χ0n) is 21.8. The van der Waals surface area contributed by atoms with Crippen molar-refractivity contribution in [3.05, 3.63) is 47.5 Å². The predicted molar refractivity (Wildman–Crippen MR) is 137 cm³/mol. The molecule has 2 saturated heterocycles. The van der Waals surface area contributed by atoms with Gasteiger partial charge in [-0.2, -0.15) is 5.26 Å². The van der Waals surface area contributed by atoms with Gasteiger partial charge in [-0.25, -0.2) is 13.6 Å². The maximum absolute atomic E-state index is 13.7. The SMILES string of the molecule is CC(C)(C=C(C#N)C(=O)N1CCCC[C@@H](OC(=O)NC(Cc2ccccc2)B(O)O)C1)N1CCC(F)(F)C1. The molecule has 2 aliphatic rings. The highest BCUT2D eigenvalue weighted by atomic mass is 19.3. The zero-order valence-corrected chi connectivity index (χ0v) is 21.8. The van der Waals surface area contributed by atoms with Crippen LogP contribution in [0.3, 0.4) is 0 Å². The number of alkyl carbamates (subject to hydrolysis) is 1. The fraction of sp³-hybridized carbons (Fsp3) is 0.577. The topological polar surface area (TPSA) is 126 Å². The summed E-state index contributed by atoms with van der Waals surface area (Å²) in [7, 11) is -1.81. The molecule has 1 aromatic carbocycles. The van der Waals surface area contributed by atoms with Crippen molar-refractivity contribution in [2.45, 2.75) is 69.5 Å². The Balaban J connectivity index is 1.63. The molecule has 12 heteroatoms. The number of ether oxygens (including phenoxy) is 1. The Morgan fingerprint density at radius 2 is 2.00 bits per heavy atom. The monoisotopic (exact) mass is 532 g/mol. The molecule has 0 saturated carbocycles. The number of likely N-dealkylation sites (tertiary alicyclic amines) is 2. The molecule has 206 valence electrons. The molecule has 2 fully saturated rings. The van der Waals surface area contributed by atoms with Gasteiger partial charge in [-0.1, -0.05) is 30.3 Å². The first kappa shape index (κ1) is 29.5.